The molecule has 27 heavy (non-hydrogen) atoms. The Morgan fingerprint density at radius 2 is 1.96 bits per heavy atom. The molecular weight excluding hydrogens is 342 g/mol. The highest BCUT2D eigenvalue weighted by molar-refractivity contribution is 5.89. The van der Waals surface area contributed by atoms with Gasteiger partial charge in [-0.05, 0) is 36.8 Å². The molecule has 2 aliphatic heterocycles. The van der Waals surface area contributed by atoms with Crippen molar-refractivity contribution in [3.05, 3.63) is 54.0 Å². The van der Waals surface area contributed by atoms with E-state index in [2.05, 4.69) is 36.1 Å². The second-order valence-electron chi connectivity index (χ2n) is 7.41. The average Bonchev–Trinajstić information content (AvgIpc) is 3.32. The molecule has 0 N–H and O–H groups in total. The second-order valence-corrected chi connectivity index (χ2v) is 7.41. The molecule has 0 aliphatic carbocycles. The zero-order valence-electron chi connectivity index (χ0n) is 15.6. The minimum absolute atomic E-state index is 0.0307. The Morgan fingerprint density at radius 3 is 2.67 bits per heavy atom. The SMILES string of the molecule is Cc1cccc(N2CCN(C(=O)C3CC(=O)N(Cc4ccco4)C3)CC2)c1. The molecule has 6 nitrogen and oxygen atoms in total. The lowest BCUT2D eigenvalue weighted by atomic mass is 10.1. The maximum absolute atomic E-state index is 12.9. The van der Waals surface area contributed by atoms with Gasteiger partial charge in [-0.2, -0.15) is 0 Å². The zero-order valence-corrected chi connectivity index (χ0v) is 15.6. The third kappa shape index (κ3) is 3.84. The fraction of sp³-hybridized carbons (Fsp3) is 0.429. The Morgan fingerprint density at radius 1 is 1.15 bits per heavy atom. The number of piperazine rings is 1. The number of rotatable bonds is 4. The molecule has 142 valence electrons. The minimum atomic E-state index is -0.238. The van der Waals surface area contributed by atoms with Crippen LogP contribution < -0.4 is 4.90 Å². The predicted molar refractivity (Wildman–Crippen MR) is 102 cm³/mol. The summed E-state index contributed by atoms with van der Waals surface area (Å²) in [5, 5.41) is 0. The second kappa shape index (κ2) is 7.47. The summed E-state index contributed by atoms with van der Waals surface area (Å²) in [6.45, 7) is 6.07. The van der Waals surface area contributed by atoms with E-state index in [1.165, 1.54) is 11.3 Å². The molecule has 3 heterocycles. The molecule has 2 fully saturated rings. The summed E-state index contributed by atoms with van der Waals surface area (Å²) in [6.07, 6.45) is 1.91. The maximum Gasteiger partial charge on any atom is 0.228 e. The standard InChI is InChI=1S/C21H25N3O3/c1-16-4-2-5-18(12-16)22-7-9-23(10-8-22)21(26)17-13-20(25)24(14-17)15-19-6-3-11-27-19/h2-6,11-12,17H,7-10,13-15H2,1H3. The number of hydrogen-bond donors (Lipinski definition) is 0. The van der Waals surface area contributed by atoms with E-state index in [9.17, 15) is 9.59 Å². The Hall–Kier alpha value is -2.76. The van der Waals surface area contributed by atoms with Gasteiger partial charge in [0, 0.05) is 44.8 Å². The average molecular weight is 367 g/mol. The quantitative estimate of drug-likeness (QED) is 0.832. The summed E-state index contributed by atoms with van der Waals surface area (Å²) in [6, 6.07) is 12.1. The van der Waals surface area contributed by atoms with Gasteiger partial charge in [-0.3, -0.25) is 9.59 Å². The van der Waals surface area contributed by atoms with Gasteiger partial charge in [0.05, 0.1) is 18.7 Å². The first-order valence-electron chi connectivity index (χ1n) is 9.51. The van der Waals surface area contributed by atoms with Crippen molar-refractivity contribution in [2.45, 2.75) is 19.9 Å². The lowest BCUT2D eigenvalue weighted by Gasteiger charge is -2.37. The van der Waals surface area contributed by atoms with Crippen LogP contribution in [0.1, 0.15) is 17.7 Å². The Bertz CT molecular complexity index is 810. The van der Waals surface area contributed by atoms with E-state index >= 15 is 0 Å². The van der Waals surface area contributed by atoms with Gasteiger partial charge in [0.2, 0.25) is 11.8 Å². The van der Waals surface area contributed by atoms with Gasteiger partial charge in [0.25, 0.3) is 0 Å². The summed E-state index contributed by atoms with van der Waals surface area (Å²) < 4.78 is 5.32. The van der Waals surface area contributed by atoms with Crippen LogP contribution in [0.15, 0.2) is 47.1 Å². The molecule has 0 saturated carbocycles. The van der Waals surface area contributed by atoms with Crippen LogP contribution in [0.3, 0.4) is 0 Å². The third-order valence-corrected chi connectivity index (χ3v) is 5.45. The highest BCUT2D eigenvalue weighted by Gasteiger charge is 2.37. The first-order chi connectivity index (χ1) is 13.1. The fourth-order valence-electron chi connectivity index (χ4n) is 3.95. The number of carbonyl (C=O) groups is 2. The molecule has 2 amide bonds. The van der Waals surface area contributed by atoms with Gasteiger partial charge in [-0.25, -0.2) is 0 Å². The molecule has 1 atom stereocenters. The van der Waals surface area contributed by atoms with E-state index in [1.807, 2.05) is 17.0 Å². The topological polar surface area (TPSA) is 57.0 Å². The summed E-state index contributed by atoms with van der Waals surface area (Å²) in [4.78, 5) is 31.1. The Kier molecular flexibility index (Phi) is 4.88. The Balaban J connectivity index is 1.32. The van der Waals surface area contributed by atoms with E-state index < -0.39 is 0 Å². The molecule has 0 radical (unpaired) electrons. The molecular formula is C21H25N3O3. The lowest BCUT2D eigenvalue weighted by Crippen LogP contribution is -2.50. The molecule has 1 aromatic carbocycles. The summed E-state index contributed by atoms with van der Waals surface area (Å²) >= 11 is 0. The van der Waals surface area contributed by atoms with Crippen LogP contribution in [0.4, 0.5) is 5.69 Å². The Labute approximate surface area is 159 Å². The smallest absolute Gasteiger partial charge is 0.228 e. The van der Waals surface area contributed by atoms with Gasteiger partial charge in [-0.15, -0.1) is 0 Å². The summed E-state index contributed by atoms with van der Waals surface area (Å²) in [5.74, 6) is 0.651. The van der Waals surface area contributed by atoms with Crippen LogP contribution in [-0.2, 0) is 16.1 Å². The van der Waals surface area contributed by atoms with Crippen molar-refractivity contribution in [2.75, 3.05) is 37.6 Å². The van der Waals surface area contributed by atoms with Crippen LogP contribution in [0.5, 0.6) is 0 Å². The maximum atomic E-state index is 12.9. The fourth-order valence-corrected chi connectivity index (χ4v) is 3.95. The van der Waals surface area contributed by atoms with Crippen LogP contribution in [0, 0.1) is 12.8 Å². The molecule has 4 rings (SSSR count). The van der Waals surface area contributed by atoms with Crippen LogP contribution in [0.25, 0.3) is 0 Å². The van der Waals surface area contributed by atoms with Crippen molar-refractivity contribution in [2.24, 2.45) is 5.92 Å². The number of hydrogen-bond acceptors (Lipinski definition) is 4. The molecule has 2 saturated heterocycles. The number of benzene rings is 1. The van der Waals surface area contributed by atoms with Gasteiger partial charge in [-0.1, -0.05) is 12.1 Å². The number of furan rings is 1. The molecule has 1 unspecified atom stereocenters. The first kappa shape index (κ1) is 17.6. The number of likely N-dealkylation sites (tertiary alicyclic amines) is 1. The van der Waals surface area contributed by atoms with Crippen molar-refractivity contribution in [3.8, 4) is 0 Å². The van der Waals surface area contributed by atoms with E-state index in [1.54, 1.807) is 11.2 Å². The molecule has 0 bridgehead atoms. The van der Waals surface area contributed by atoms with Crippen LogP contribution in [0.2, 0.25) is 0 Å². The van der Waals surface area contributed by atoms with Gasteiger partial charge in [0.15, 0.2) is 0 Å². The van der Waals surface area contributed by atoms with Crippen LogP contribution >= 0.6 is 0 Å². The molecule has 2 aromatic rings. The van der Waals surface area contributed by atoms with Crippen molar-refractivity contribution < 1.29 is 14.0 Å². The highest BCUT2D eigenvalue weighted by atomic mass is 16.3. The van der Waals surface area contributed by atoms with Crippen molar-refractivity contribution >= 4 is 17.5 Å². The normalized spacial score (nSPS) is 20.4. The number of carbonyl (C=O) groups excluding carboxylic acids is 2. The number of aryl methyl sites for hydroxylation is 1. The number of amides is 2. The zero-order chi connectivity index (χ0) is 18.8. The molecule has 0 spiro atoms. The van der Waals surface area contributed by atoms with Gasteiger partial charge in [0.1, 0.15) is 5.76 Å². The monoisotopic (exact) mass is 367 g/mol. The summed E-state index contributed by atoms with van der Waals surface area (Å²) in [7, 11) is 0. The van der Waals surface area contributed by atoms with Crippen molar-refractivity contribution in [1.29, 1.82) is 0 Å². The van der Waals surface area contributed by atoms with E-state index in [0.29, 0.717) is 32.6 Å². The molecule has 2 aliphatic rings. The number of anilines is 1. The molecule has 6 heteroatoms. The van der Waals surface area contributed by atoms with Crippen LogP contribution in [-0.4, -0.2) is 54.3 Å². The van der Waals surface area contributed by atoms with E-state index in [-0.39, 0.29) is 17.7 Å². The predicted octanol–water partition coefficient (Wildman–Crippen LogP) is 2.29. The summed E-state index contributed by atoms with van der Waals surface area (Å²) in [5.41, 5.74) is 2.45. The molecule has 1 aromatic heterocycles. The van der Waals surface area contributed by atoms with E-state index in [0.717, 1.165) is 18.8 Å². The minimum Gasteiger partial charge on any atom is -0.467 e. The van der Waals surface area contributed by atoms with E-state index in [4.69, 9.17) is 4.42 Å². The van der Waals surface area contributed by atoms with Gasteiger partial charge >= 0.3 is 0 Å². The highest BCUT2D eigenvalue weighted by Crippen LogP contribution is 2.24. The van der Waals surface area contributed by atoms with Gasteiger partial charge < -0.3 is 19.1 Å². The first-order valence-corrected chi connectivity index (χ1v) is 9.51. The third-order valence-electron chi connectivity index (χ3n) is 5.45. The van der Waals surface area contributed by atoms with Crippen molar-refractivity contribution in [1.82, 2.24) is 9.80 Å². The van der Waals surface area contributed by atoms with Crippen molar-refractivity contribution in [3.63, 3.8) is 0 Å². The number of nitrogens with zero attached hydrogens (tertiary/aromatic N) is 3. The lowest BCUT2D eigenvalue weighted by molar-refractivity contribution is -0.136. The largest absolute Gasteiger partial charge is 0.467 e.